The molecule has 2 aromatic carbocycles. The fraction of sp³-hybridized carbons (Fsp3) is 0.417. The van der Waals surface area contributed by atoms with E-state index in [2.05, 4.69) is 12.1 Å². The molecule has 0 N–H and O–H groups in total. The average molecular weight is 422 g/mol. The van der Waals surface area contributed by atoms with Crippen molar-refractivity contribution in [2.24, 2.45) is 0 Å². The molecule has 1 saturated heterocycles. The van der Waals surface area contributed by atoms with Crippen LogP contribution in [0.25, 0.3) is 0 Å². The molecule has 0 aromatic heterocycles. The third-order valence-electron chi connectivity index (χ3n) is 6.70. The van der Waals surface area contributed by atoms with Crippen LogP contribution in [0, 0.1) is 0 Å². The van der Waals surface area contributed by atoms with Crippen LogP contribution in [-0.2, 0) is 21.6 Å². The monoisotopic (exact) mass is 422 g/mol. The van der Waals surface area contributed by atoms with Crippen molar-refractivity contribution in [3.05, 3.63) is 53.1 Å². The van der Waals surface area contributed by atoms with Gasteiger partial charge in [-0.2, -0.15) is 0 Å². The van der Waals surface area contributed by atoms with Crippen molar-refractivity contribution in [2.75, 3.05) is 45.4 Å². The number of anilines is 1. The van der Waals surface area contributed by atoms with Gasteiger partial charge in [-0.1, -0.05) is 6.07 Å². The van der Waals surface area contributed by atoms with Gasteiger partial charge in [-0.25, -0.2) is 0 Å². The summed E-state index contributed by atoms with van der Waals surface area (Å²) >= 11 is 0. The molecule has 0 atom stereocenters. The topological polar surface area (TPSA) is 68.3 Å². The second-order valence-electron chi connectivity index (χ2n) is 8.33. The first-order valence-electron chi connectivity index (χ1n) is 10.6. The highest BCUT2D eigenvalue weighted by molar-refractivity contribution is 6.01. The summed E-state index contributed by atoms with van der Waals surface area (Å²) in [7, 11) is 3.39. The minimum atomic E-state index is -0.340. The zero-order chi connectivity index (χ0) is 21.6. The number of rotatable bonds is 2. The molecule has 7 heteroatoms. The molecule has 1 fully saturated rings. The van der Waals surface area contributed by atoms with E-state index in [1.54, 1.807) is 37.3 Å². The molecular formula is C24H26N2O5. The maximum absolute atomic E-state index is 13.2. The number of hydrogen-bond donors (Lipinski definition) is 0. The van der Waals surface area contributed by atoms with E-state index in [1.165, 1.54) is 11.1 Å². The largest absolute Gasteiger partial charge is 0.497 e. The van der Waals surface area contributed by atoms with Gasteiger partial charge in [-0.15, -0.1) is 0 Å². The standard InChI is InChI=1S/C24H26N2O5/c1-25-20-14-17(3-6-21(20)30-15-22(25)27)23(28)26-10-8-24(9-11-26)19-5-4-18(29-2)13-16(19)7-12-31-24/h3-6,13-14H,7-12,15H2,1-2H3. The molecule has 3 aliphatic heterocycles. The molecule has 7 nitrogen and oxygen atoms in total. The van der Waals surface area contributed by atoms with Crippen LogP contribution in [0.3, 0.4) is 0 Å². The Morgan fingerprint density at radius 3 is 2.71 bits per heavy atom. The predicted molar refractivity (Wildman–Crippen MR) is 115 cm³/mol. The van der Waals surface area contributed by atoms with Crippen molar-refractivity contribution in [3.8, 4) is 11.5 Å². The molecule has 5 rings (SSSR count). The highest BCUT2D eigenvalue weighted by Crippen LogP contribution is 2.43. The van der Waals surface area contributed by atoms with Gasteiger partial charge in [0.05, 0.1) is 25.0 Å². The van der Waals surface area contributed by atoms with Gasteiger partial charge in [0.25, 0.3) is 11.8 Å². The lowest BCUT2D eigenvalue weighted by Gasteiger charge is -2.45. The summed E-state index contributed by atoms with van der Waals surface area (Å²) in [5, 5.41) is 0. The molecule has 2 amide bonds. The van der Waals surface area contributed by atoms with Gasteiger partial charge in [-0.3, -0.25) is 9.59 Å². The molecule has 0 unspecified atom stereocenters. The van der Waals surface area contributed by atoms with Gasteiger partial charge in [-0.05, 0) is 60.7 Å². The second-order valence-corrected chi connectivity index (χ2v) is 8.33. The first-order chi connectivity index (χ1) is 15.0. The second kappa shape index (κ2) is 7.57. The van der Waals surface area contributed by atoms with E-state index >= 15 is 0 Å². The van der Waals surface area contributed by atoms with Crippen LogP contribution in [0.1, 0.15) is 34.3 Å². The third kappa shape index (κ3) is 3.33. The minimum absolute atomic E-state index is 0.0261. The molecule has 0 radical (unpaired) electrons. The summed E-state index contributed by atoms with van der Waals surface area (Å²) in [6.45, 7) is 1.94. The van der Waals surface area contributed by atoms with Crippen molar-refractivity contribution in [1.82, 2.24) is 4.90 Å². The summed E-state index contributed by atoms with van der Waals surface area (Å²) in [6, 6.07) is 11.5. The Morgan fingerprint density at radius 2 is 1.94 bits per heavy atom. The zero-order valence-electron chi connectivity index (χ0n) is 17.8. The number of piperidine rings is 1. The Bertz CT molecular complexity index is 1040. The lowest BCUT2D eigenvalue weighted by atomic mass is 9.79. The number of fused-ring (bicyclic) bond motifs is 3. The summed E-state index contributed by atoms with van der Waals surface area (Å²) in [6.07, 6.45) is 2.38. The molecule has 3 aliphatic rings. The van der Waals surface area contributed by atoms with Crippen LogP contribution in [-0.4, -0.2) is 57.2 Å². The van der Waals surface area contributed by atoms with Crippen molar-refractivity contribution >= 4 is 17.5 Å². The minimum Gasteiger partial charge on any atom is -0.497 e. The number of benzene rings is 2. The van der Waals surface area contributed by atoms with Gasteiger partial charge in [0.1, 0.15) is 11.5 Å². The molecule has 0 bridgehead atoms. The first-order valence-corrected chi connectivity index (χ1v) is 10.6. The van der Waals surface area contributed by atoms with Crippen molar-refractivity contribution in [3.63, 3.8) is 0 Å². The SMILES string of the molecule is COc1ccc2c(c1)CCOC21CCN(C(=O)c2ccc3c(c2)N(C)C(=O)CO3)CC1. The number of hydrogen-bond acceptors (Lipinski definition) is 5. The highest BCUT2D eigenvalue weighted by Gasteiger charge is 2.42. The van der Waals surface area contributed by atoms with Gasteiger partial charge >= 0.3 is 0 Å². The molecular weight excluding hydrogens is 396 g/mol. The number of likely N-dealkylation sites (tertiary alicyclic amines) is 1. The number of ether oxygens (including phenoxy) is 3. The maximum Gasteiger partial charge on any atom is 0.264 e. The number of methoxy groups -OCH3 is 1. The summed E-state index contributed by atoms with van der Waals surface area (Å²) in [4.78, 5) is 28.6. The maximum atomic E-state index is 13.2. The number of nitrogens with zero attached hydrogens (tertiary/aromatic N) is 2. The first kappa shape index (κ1) is 19.9. The highest BCUT2D eigenvalue weighted by atomic mass is 16.5. The number of likely N-dealkylation sites (N-methyl/N-ethyl adjacent to an activating group) is 1. The van der Waals surface area contributed by atoms with Crippen LogP contribution in [0.5, 0.6) is 11.5 Å². The zero-order valence-corrected chi connectivity index (χ0v) is 17.8. The van der Waals surface area contributed by atoms with Crippen LogP contribution in [0.15, 0.2) is 36.4 Å². The smallest absolute Gasteiger partial charge is 0.264 e. The van der Waals surface area contributed by atoms with Crippen molar-refractivity contribution in [1.29, 1.82) is 0 Å². The van der Waals surface area contributed by atoms with E-state index in [0.717, 1.165) is 25.0 Å². The van der Waals surface area contributed by atoms with Gasteiger partial charge in [0, 0.05) is 25.7 Å². The molecule has 2 aromatic rings. The molecule has 31 heavy (non-hydrogen) atoms. The van der Waals surface area contributed by atoms with E-state index in [9.17, 15) is 9.59 Å². The van der Waals surface area contributed by atoms with Gasteiger partial charge in [0.2, 0.25) is 0 Å². The normalized spacial score (nSPS) is 19.5. The summed E-state index contributed by atoms with van der Waals surface area (Å²) in [5.41, 5.74) is 3.35. The number of carbonyl (C=O) groups excluding carboxylic acids is 2. The van der Waals surface area contributed by atoms with E-state index < -0.39 is 0 Å². The molecule has 0 saturated carbocycles. The summed E-state index contributed by atoms with van der Waals surface area (Å²) in [5.74, 6) is 1.33. The van der Waals surface area contributed by atoms with Crippen LogP contribution >= 0.6 is 0 Å². The number of carbonyl (C=O) groups is 2. The Labute approximate surface area is 181 Å². The van der Waals surface area contributed by atoms with E-state index in [1.807, 2.05) is 11.0 Å². The average Bonchev–Trinajstić information content (AvgIpc) is 2.81. The van der Waals surface area contributed by atoms with Crippen LogP contribution in [0.2, 0.25) is 0 Å². The quantitative estimate of drug-likeness (QED) is 0.745. The Morgan fingerprint density at radius 1 is 1.13 bits per heavy atom. The predicted octanol–water partition coefficient (Wildman–Crippen LogP) is 2.75. The third-order valence-corrected chi connectivity index (χ3v) is 6.70. The Hall–Kier alpha value is -3.06. The van der Waals surface area contributed by atoms with Crippen LogP contribution < -0.4 is 14.4 Å². The Kier molecular flexibility index (Phi) is 4.85. The fourth-order valence-electron chi connectivity index (χ4n) is 4.85. The lowest BCUT2D eigenvalue weighted by molar-refractivity contribution is -0.121. The summed E-state index contributed by atoms with van der Waals surface area (Å²) < 4.78 is 17.2. The van der Waals surface area contributed by atoms with E-state index in [4.69, 9.17) is 14.2 Å². The Balaban J connectivity index is 1.34. The lowest BCUT2D eigenvalue weighted by Crippen LogP contribution is -2.48. The van der Waals surface area contributed by atoms with Crippen molar-refractivity contribution < 1.29 is 23.8 Å². The molecule has 162 valence electrons. The van der Waals surface area contributed by atoms with Gasteiger partial charge < -0.3 is 24.0 Å². The molecule has 3 heterocycles. The fourth-order valence-corrected chi connectivity index (χ4v) is 4.85. The number of amides is 2. The molecule has 0 aliphatic carbocycles. The van der Waals surface area contributed by atoms with Crippen molar-refractivity contribution in [2.45, 2.75) is 24.9 Å². The van der Waals surface area contributed by atoms with Crippen LogP contribution in [0.4, 0.5) is 5.69 Å². The van der Waals surface area contributed by atoms with Gasteiger partial charge in [0.15, 0.2) is 6.61 Å². The van der Waals surface area contributed by atoms with E-state index in [-0.39, 0.29) is 24.0 Å². The van der Waals surface area contributed by atoms with E-state index in [0.29, 0.717) is 36.7 Å². The molecule has 1 spiro atoms.